The van der Waals surface area contributed by atoms with E-state index in [9.17, 15) is 0 Å². The Balaban J connectivity index is 1.31. The van der Waals surface area contributed by atoms with Gasteiger partial charge in [0.15, 0.2) is 17.5 Å². The predicted molar refractivity (Wildman–Crippen MR) is 171 cm³/mol. The van der Waals surface area contributed by atoms with Crippen LogP contribution in [0.5, 0.6) is 0 Å². The predicted octanol–water partition coefficient (Wildman–Crippen LogP) is 10.2. The van der Waals surface area contributed by atoms with E-state index in [1.165, 1.54) is 11.1 Å². The molecule has 0 fully saturated rings. The Morgan fingerprint density at radius 1 is 0.452 bits per heavy atom. The second-order valence-corrected chi connectivity index (χ2v) is 10.7. The lowest BCUT2D eigenvalue weighted by atomic mass is 10.00. The van der Waals surface area contributed by atoms with Gasteiger partial charge in [0.2, 0.25) is 0 Å². The highest BCUT2D eigenvalue weighted by molar-refractivity contribution is 6.31. The van der Waals surface area contributed by atoms with Crippen LogP contribution < -0.4 is 0 Å². The van der Waals surface area contributed by atoms with Crippen molar-refractivity contribution in [3.05, 3.63) is 138 Å². The summed E-state index contributed by atoms with van der Waals surface area (Å²) in [5.41, 5.74) is 6.59. The quantitative estimate of drug-likeness (QED) is 0.215. The van der Waals surface area contributed by atoms with Crippen molar-refractivity contribution >= 4 is 44.3 Å². The fraction of sp³-hybridized carbons (Fsp3) is 0. The van der Waals surface area contributed by atoms with Crippen LogP contribution in [0.1, 0.15) is 0 Å². The Morgan fingerprint density at radius 3 is 1.86 bits per heavy atom. The molecule has 0 amide bonds. The Hall–Kier alpha value is -5.32. The maximum atomic E-state index is 6.27. The summed E-state index contributed by atoms with van der Waals surface area (Å²) in [5, 5.41) is 4.82. The second kappa shape index (κ2) is 9.95. The molecule has 8 aromatic rings. The maximum Gasteiger partial charge on any atom is 0.164 e. The summed E-state index contributed by atoms with van der Waals surface area (Å²) in [7, 11) is 0. The minimum atomic E-state index is 0.585. The SMILES string of the molecule is Clc1ccc2c(c1)oc1cccc(-c3nc(-c4ccccc4)nc(-c4ccc5cc(-c6ccccc6)ccc5c4)n3)c12. The van der Waals surface area contributed by atoms with Crippen molar-refractivity contribution in [3.63, 3.8) is 0 Å². The van der Waals surface area contributed by atoms with Crippen molar-refractivity contribution in [2.45, 2.75) is 0 Å². The summed E-state index contributed by atoms with van der Waals surface area (Å²) < 4.78 is 6.16. The highest BCUT2D eigenvalue weighted by Gasteiger charge is 2.18. The van der Waals surface area contributed by atoms with Gasteiger partial charge in [-0.3, -0.25) is 0 Å². The second-order valence-electron chi connectivity index (χ2n) is 10.2. The van der Waals surface area contributed by atoms with Crippen molar-refractivity contribution in [1.29, 1.82) is 0 Å². The monoisotopic (exact) mass is 559 g/mol. The summed E-state index contributed by atoms with van der Waals surface area (Å²) in [6, 6.07) is 45.0. The Bertz CT molecular complexity index is 2260. The highest BCUT2D eigenvalue weighted by Crippen LogP contribution is 2.37. The van der Waals surface area contributed by atoms with Gasteiger partial charge in [0.1, 0.15) is 11.2 Å². The molecule has 0 radical (unpaired) electrons. The van der Waals surface area contributed by atoms with E-state index in [1.807, 2.05) is 72.8 Å². The van der Waals surface area contributed by atoms with E-state index in [0.29, 0.717) is 22.5 Å². The lowest BCUT2D eigenvalue weighted by Crippen LogP contribution is -2.00. The van der Waals surface area contributed by atoms with Crippen molar-refractivity contribution in [2.75, 3.05) is 0 Å². The molecular formula is C37H22ClN3O. The zero-order chi connectivity index (χ0) is 28.0. The zero-order valence-electron chi connectivity index (χ0n) is 22.3. The van der Waals surface area contributed by atoms with Gasteiger partial charge in [-0.2, -0.15) is 0 Å². The summed E-state index contributed by atoms with van der Waals surface area (Å²) in [4.78, 5) is 15.0. The fourth-order valence-electron chi connectivity index (χ4n) is 5.52. The molecule has 0 saturated heterocycles. The van der Waals surface area contributed by atoms with Gasteiger partial charge >= 0.3 is 0 Å². The highest BCUT2D eigenvalue weighted by atomic mass is 35.5. The van der Waals surface area contributed by atoms with Crippen LogP contribution in [0.4, 0.5) is 0 Å². The van der Waals surface area contributed by atoms with Crippen LogP contribution in [0, 0.1) is 0 Å². The molecule has 0 aliphatic rings. The van der Waals surface area contributed by atoms with Gasteiger partial charge in [-0.25, -0.2) is 15.0 Å². The Kier molecular flexibility index (Phi) is 5.80. The minimum absolute atomic E-state index is 0.585. The molecule has 6 aromatic carbocycles. The first-order chi connectivity index (χ1) is 20.7. The Labute approximate surface area is 246 Å². The van der Waals surface area contributed by atoms with Crippen LogP contribution in [0.2, 0.25) is 5.02 Å². The normalized spacial score (nSPS) is 11.5. The average molecular weight is 560 g/mol. The largest absolute Gasteiger partial charge is 0.456 e. The van der Waals surface area contributed by atoms with Crippen molar-refractivity contribution in [1.82, 2.24) is 15.0 Å². The molecule has 8 rings (SSSR count). The van der Waals surface area contributed by atoms with Gasteiger partial charge in [-0.05, 0) is 52.2 Å². The Morgan fingerprint density at radius 2 is 1.10 bits per heavy atom. The lowest BCUT2D eigenvalue weighted by molar-refractivity contribution is 0.669. The van der Waals surface area contributed by atoms with Crippen LogP contribution >= 0.6 is 11.6 Å². The number of benzene rings is 6. The first kappa shape index (κ1) is 24.5. The molecule has 0 atom stereocenters. The molecular weight excluding hydrogens is 538 g/mol. The molecule has 0 unspecified atom stereocenters. The number of nitrogens with zero attached hydrogens (tertiary/aromatic N) is 3. The molecule has 0 aliphatic heterocycles. The van der Waals surface area contributed by atoms with Crippen molar-refractivity contribution < 1.29 is 4.42 Å². The van der Waals surface area contributed by atoms with Gasteiger partial charge in [-0.15, -0.1) is 0 Å². The smallest absolute Gasteiger partial charge is 0.164 e. The summed E-state index contributed by atoms with van der Waals surface area (Å²) in [6.07, 6.45) is 0. The molecule has 2 heterocycles. The van der Waals surface area contributed by atoms with Crippen LogP contribution in [0.25, 0.3) is 78.0 Å². The van der Waals surface area contributed by atoms with Crippen molar-refractivity contribution in [2.24, 2.45) is 0 Å². The molecule has 0 bridgehead atoms. The summed E-state index contributed by atoms with van der Waals surface area (Å²) >= 11 is 6.27. The van der Waals surface area contributed by atoms with E-state index >= 15 is 0 Å². The molecule has 5 heteroatoms. The van der Waals surface area contributed by atoms with Gasteiger partial charge < -0.3 is 4.42 Å². The molecule has 2 aromatic heterocycles. The van der Waals surface area contributed by atoms with Gasteiger partial charge in [0.05, 0.1) is 0 Å². The van der Waals surface area contributed by atoms with E-state index in [0.717, 1.165) is 49.4 Å². The van der Waals surface area contributed by atoms with Crippen LogP contribution in [-0.2, 0) is 0 Å². The van der Waals surface area contributed by atoms with Crippen LogP contribution in [-0.4, -0.2) is 15.0 Å². The number of rotatable bonds is 4. The van der Waals surface area contributed by atoms with Gasteiger partial charge in [0.25, 0.3) is 0 Å². The number of furan rings is 1. The fourth-order valence-corrected chi connectivity index (χ4v) is 5.68. The number of hydrogen-bond acceptors (Lipinski definition) is 4. The standard InChI is InChI=1S/C37H22ClN3O/c38-29-18-19-30-33(22-29)42-32-13-7-12-31(34(30)32)37-40-35(24-10-5-2-6-11-24)39-36(41-37)28-17-16-26-20-25(14-15-27(26)21-28)23-8-3-1-4-9-23/h1-22H. The van der Waals surface area contributed by atoms with E-state index < -0.39 is 0 Å². The number of halogens is 1. The first-order valence-electron chi connectivity index (χ1n) is 13.7. The molecule has 4 nitrogen and oxygen atoms in total. The van der Waals surface area contributed by atoms with E-state index in [2.05, 4.69) is 60.7 Å². The number of hydrogen-bond donors (Lipinski definition) is 0. The lowest BCUT2D eigenvalue weighted by Gasteiger charge is -2.10. The number of fused-ring (bicyclic) bond motifs is 4. The maximum absolute atomic E-state index is 6.27. The molecule has 0 saturated carbocycles. The molecule has 42 heavy (non-hydrogen) atoms. The van der Waals surface area contributed by atoms with Crippen molar-refractivity contribution in [3.8, 4) is 45.3 Å². The third kappa shape index (κ3) is 4.30. The summed E-state index contributed by atoms with van der Waals surface area (Å²) in [6.45, 7) is 0. The molecule has 0 N–H and O–H groups in total. The topological polar surface area (TPSA) is 51.8 Å². The summed E-state index contributed by atoms with van der Waals surface area (Å²) in [5.74, 6) is 1.81. The first-order valence-corrected chi connectivity index (χ1v) is 14.1. The zero-order valence-corrected chi connectivity index (χ0v) is 23.1. The van der Waals surface area contributed by atoms with E-state index in [4.69, 9.17) is 31.0 Å². The minimum Gasteiger partial charge on any atom is -0.456 e. The third-order valence-corrected chi connectivity index (χ3v) is 7.81. The van der Waals surface area contributed by atoms with E-state index in [-0.39, 0.29) is 0 Å². The molecule has 0 aliphatic carbocycles. The van der Waals surface area contributed by atoms with Gasteiger partial charge in [-0.1, -0.05) is 109 Å². The average Bonchev–Trinajstić information content (AvgIpc) is 3.42. The third-order valence-electron chi connectivity index (χ3n) is 7.57. The molecule has 198 valence electrons. The van der Waals surface area contributed by atoms with E-state index in [1.54, 1.807) is 0 Å². The van der Waals surface area contributed by atoms with Crippen LogP contribution in [0.15, 0.2) is 138 Å². The van der Waals surface area contributed by atoms with Crippen LogP contribution in [0.3, 0.4) is 0 Å². The van der Waals surface area contributed by atoms with Gasteiger partial charge in [0, 0.05) is 38.6 Å². The number of aromatic nitrogens is 3. The molecule has 0 spiro atoms.